The molecule has 0 heteroatoms. The molecule has 31 heavy (non-hydrogen) atoms. The van der Waals surface area contributed by atoms with E-state index in [0.29, 0.717) is 0 Å². The van der Waals surface area contributed by atoms with Gasteiger partial charge in [0, 0.05) is 0 Å². The van der Waals surface area contributed by atoms with Crippen molar-refractivity contribution in [1.82, 2.24) is 0 Å². The van der Waals surface area contributed by atoms with Crippen molar-refractivity contribution >= 4 is 32.3 Å². The third-order valence-electron chi connectivity index (χ3n) is 6.30. The monoisotopic (exact) mass is 394 g/mol. The second kappa shape index (κ2) is 7.11. The molecule has 0 heterocycles. The zero-order valence-electron chi connectivity index (χ0n) is 17.5. The van der Waals surface area contributed by atoms with Gasteiger partial charge < -0.3 is 0 Å². The number of aryl methyl sites for hydroxylation is 1. The van der Waals surface area contributed by atoms with Crippen molar-refractivity contribution in [2.75, 3.05) is 0 Å². The lowest BCUT2D eigenvalue weighted by Crippen LogP contribution is -1.89. The van der Waals surface area contributed by atoms with E-state index >= 15 is 0 Å². The van der Waals surface area contributed by atoms with Crippen LogP contribution in [0.5, 0.6) is 0 Å². The van der Waals surface area contributed by atoms with Crippen molar-refractivity contribution in [3.05, 3.63) is 121 Å². The molecule has 146 valence electrons. The van der Waals surface area contributed by atoms with Crippen molar-refractivity contribution in [1.29, 1.82) is 0 Å². The Hall–Kier alpha value is -3.90. The normalized spacial score (nSPS) is 11.4. The zero-order chi connectivity index (χ0) is 20.8. The summed E-state index contributed by atoms with van der Waals surface area (Å²) in [6, 6.07) is 41.9. The van der Waals surface area contributed by atoms with E-state index in [1.807, 2.05) is 0 Å². The first-order chi connectivity index (χ1) is 15.3. The van der Waals surface area contributed by atoms with Crippen LogP contribution in [0.15, 0.2) is 115 Å². The fraction of sp³-hybridized carbons (Fsp3) is 0.0323. The molecule has 0 N–H and O–H groups in total. The van der Waals surface area contributed by atoms with E-state index in [1.54, 1.807) is 0 Å². The van der Waals surface area contributed by atoms with Gasteiger partial charge in [-0.25, -0.2) is 0 Å². The predicted octanol–water partition coefficient (Wildman–Crippen LogP) is 8.79. The van der Waals surface area contributed by atoms with Crippen LogP contribution in [0, 0.1) is 6.92 Å². The lowest BCUT2D eigenvalue weighted by atomic mass is 9.87. The van der Waals surface area contributed by atoms with Crippen LogP contribution >= 0.6 is 0 Å². The van der Waals surface area contributed by atoms with E-state index in [2.05, 4.69) is 122 Å². The first-order valence-electron chi connectivity index (χ1n) is 10.8. The average molecular weight is 395 g/mol. The summed E-state index contributed by atoms with van der Waals surface area (Å²) in [4.78, 5) is 0. The average Bonchev–Trinajstić information content (AvgIpc) is 2.84. The van der Waals surface area contributed by atoms with Gasteiger partial charge in [-0.2, -0.15) is 0 Å². The molecule has 6 rings (SSSR count). The van der Waals surface area contributed by atoms with Gasteiger partial charge in [-0.1, -0.05) is 109 Å². The predicted molar refractivity (Wildman–Crippen MR) is 135 cm³/mol. The molecule has 0 aliphatic rings. The van der Waals surface area contributed by atoms with Gasteiger partial charge in [0.05, 0.1) is 0 Å². The number of rotatable bonds is 2. The minimum absolute atomic E-state index is 1.26. The Morgan fingerprint density at radius 2 is 0.806 bits per heavy atom. The standard InChI is InChI=1S/C31H22/c1-21-16-17-26-28(23-12-6-3-7-13-23)19-30-25-15-9-8-14-24(25)27(20-31(30)29(26)18-21)22-10-4-2-5-11-22/h2-20H,1H3. The van der Waals surface area contributed by atoms with Crippen molar-refractivity contribution < 1.29 is 0 Å². The van der Waals surface area contributed by atoms with Gasteiger partial charge in [-0.15, -0.1) is 0 Å². The van der Waals surface area contributed by atoms with Gasteiger partial charge in [0.15, 0.2) is 0 Å². The summed E-state index contributed by atoms with van der Waals surface area (Å²) in [7, 11) is 0. The van der Waals surface area contributed by atoms with Crippen LogP contribution in [0.25, 0.3) is 54.6 Å². The molecule has 0 aromatic heterocycles. The van der Waals surface area contributed by atoms with Gasteiger partial charge in [-0.05, 0) is 73.6 Å². The summed E-state index contributed by atoms with van der Waals surface area (Å²) >= 11 is 0. The highest BCUT2D eigenvalue weighted by Crippen LogP contribution is 2.41. The molecule has 0 bridgehead atoms. The molecular weight excluding hydrogens is 372 g/mol. The third-order valence-corrected chi connectivity index (χ3v) is 6.30. The Morgan fingerprint density at radius 1 is 0.355 bits per heavy atom. The van der Waals surface area contributed by atoms with Gasteiger partial charge in [0.25, 0.3) is 0 Å². The molecule has 0 aliphatic carbocycles. The number of hydrogen-bond acceptors (Lipinski definition) is 0. The Morgan fingerprint density at radius 3 is 1.42 bits per heavy atom. The first-order valence-corrected chi connectivity index (χ1v) is 10.8. The summed E-state index contributed by atoms with van der Waals surface area (Å²) in [6.07, 6.45) is 0. The lowest BCUT2D eigenvalue weighted by molar-refractivity contribution is 1.51. The van der Waals surface area contributed by atoms with Gasteiger partial charge in [0.2, 0.25) is 0 Å². The zero-order valence-corrected chi connectivity index (χ0v) is 17.5. The van der Waals surface area contributed by atoms with Crippen LogP contribution in [0.2, 0.25) is 0 Å². The lowest BCUT2D eigenvalue weighted by Gasteiger charge is -2.16. The van der Waals surface area contributed by atoms with E-state index in [1.165, 1.54) is 60.1 Å². The molecular formula is C31H22. The Balaban J connectivity index is 1.83. The van der Waals surface area contributed by atoms with Crippen LogP contribution in [-0.4, -0.2) is 0 Å². The summed E-state index contributed by atoms with van der Waals surface area (Å²) in [6.45, 7) is 2.18. The fourth-order valence-electron chi connectivity index (χ4n) is 4.83. The maximum atomic E-state index is 2.39. The minimum atomic E-state index is 1.26. The molecule has 0 spiro atoms. The minimum Gasteiger partial charge on any atom is -0.0622 e. The van der Waals surface area contributed by atoms with Gasteiger partial charge in [-0.3, -0.25) is 0 Å². The Bertz CT molecular complexity index is 1560. The number of fused-ring (bicyclic) bond motifs is 5. The molecule has 0 amide bonds. The van der Waals surface area contributed by atoms with Crippen molar-refractivity contribution in [2.24, 2.45) is 0 Å². The molecule has 0 unspecified atom stereocenters. The van der Waals surface area contributed by atoms with Crippen LogP contribution < -0.4 is 0 Å². The molecule has 6 aromatic carbocycles. The van der Waals surface area contributed by atoms with Crippen molar-refractivity contribution in [2.45, 2.75) is 6.92 Å². The topological polar surface area (TPSA) is 0 Å². The fourth-order valence-corrected chi connectivity index (χ4v) is 4.83. The molecule has 0 aliphatic heterocycles. The molecule has 0 saturated heterocycles. The van der Waals surface area contributed by atoms with E-state index in [0.717, 1.165) is 0 Å². The molecule has 0 fully saturated rings. The maximum Gasteiger partial charge on any atom is -0.00922 e. The summed E-state index contributed by atoms with van der Waals surface area (Å²) in [5.74, 6) is 0. The molecule has 6 aromatic rings. The Kier molecular flexibility index (Phi) is 4.11. The van der Waals surface area contributed by atoms with Crippen LogP contribution in [0.4, 0.5) is 0 Å². The second-order valence-corrected chi connectivity index (χ2v) is 8.27. The molecule has 0 atom stereocenters. The smallest absolute Gasteiger partial charge is 0.00922 e. The van der Waals surface area contributed by atoms with Crippen molar-refractivity contribution in [3.63, 3.8) is 0 Å². The highest BCUT2D eigenvalue weighted by molar-refractivity contribution is 6.23. The van der Waals surface area contributed by atoms with E-state index in [9.17, 15) is 0 Å². The van der Waals surface area contributed by atoms with E-state index in [4.69, 9.17) is 0 Å². The molecule has 0 saturated carbocycles. The second-order valence-electron chi connectivity index (χ2n) is 8.27. The quantitative estimate of drug-likeness (QED) is 0.257. The summed E-state index contributed by atoms with van der Waals surface area (Å²) in [5, 5.41) is 7.85. The van der Waals surface area contributed by atoms with Crippen molar-refractivity contribution in [3.8, 4) is 22.3 Å². The number of hydrogen-bond donors (Lipinski definition) is 0. The van der Waals surface area contributed by atoms with Crippen LogP contribution in [-0.2, 0) is 0 Å². The highest BCUT2D eigenvalue weighted by Gasteiger charge is 2.14. The first kappa shape index (κ1) is 17.9. The summed E-state index contributed by atoms with van der Waals surface area (Å²) < 4.78 is 0. The SMILES string of the molecule is Cc1ccc2c(-c3ccccc3)cc3c4ccccc4c(-c4ccccc4)cc3c2c1. The molecule has 0 nitrogen and oxygen atoms in total. The van der Waals surface area contributed by atoms with E-state index < -0.39 is 0 Å². The number of benzene rings is 6. The largest absolute Gasteiger partial charge is 0.0622 e. The van der Waals surface area contributed by atoms with Gasteiger partial charge in [0.1, 0.15) is 0 Å². The summed E-state index contributed by atoms with van der Waals surface area (Å²) in [5.41, 5.74) is 6.39. The van der Waals surface area contributed by atoms with E-state index in [-0.39, 0.29) is 0 Å². The van der Waals surface area contributed by atoms with Crippen LogP contribution in [0.1, 0.15) is 5.56 Å². The van der Waals surface area contributed by atoms with Gasteiger partial charge >= 0.3 is 0 Å². The van der Waals surface area contributed by atoms with Crippen LogP contribution in [0.3, 0.4) is 0 Å². The third kappa shape index (κ3) is 2.92. The Labute approximate surface area is 182 Å². The maximum absolute atomic E-state index is 2.39. The molecule has 0 radical (unpaired) electrons. The highest BCUT2D eigenvalue weighted by atomic mass is 14.2.